The van der Waals surface area contributed by atoms with Crippen LogP contribution in [0, 0.1) is 0 Å². The van der Waals surface area contributed by atoms with Gasteiger partial charge in [0.15, 0.2) is 6.54 Å². The van der Waals surface area contributed by atoms with Crippen molar-refractivity contribution in [2.75, 3.05) is 37.9 Å². The average molecular weight is 278 g/mol. The normalized spacial score (nSPS) is 16.4. The van der Waals surface area contributed by atoms with Crippen LogP contribution in [0.15, 0.2) is 30.3 Å². The zero-order valence-corrected chi connectivity index (χ0v) is 12.3. The molecule has 110 valence electrons. The van der Waals surface area contributed by atoms with Gasteiger partial charge in [0.05, 0.1) is 24.9 Å². The Kier molecular flexibility index (Phi) is 5.52. The molecule has 1 heterocycles. The van der Waals surface area contributed by atoms with Crippen LogP contribution in [0.4, 0.5) is 5.69 Å². The number of nitrogens with two attached hydrogens (primary N) is 1. The smallest absolute Gasteiger partial charge is 0.296 e. The molecule has 0 radical (unpaired) electrons. The summed E-state index contributed by atoms with van der Waals surface area (Å²) in [6.07, 6.45) is 0. The molecule has 0 spiro atoms. The van der Waals surface area contributed by atoms with Crippen LogP contribution in [0.5, 0.6) is 0 Å². The van der Waals surface area contributed by atoms with E-state index in [-0.39, 0.29) is 5.91 Å². The first-order chi connectivity index (χ1) is 9.68. The fourth-order valence-corrected chi connectivity index (χ4v) is 2.21. The van der Waals surface area contributed by atoms with Gasteiger partial charge in [-0.3, -0.25) is 4.79 Å². The van der Waals surface area contributed by atoms with Gasteiger partial charge in [0, 0.05) is 13.1 Å². The van der Waals surface area contributed by atoms with Crippen LogP contribution in [0.1, 0.15) is 13.8 Å². The van der Waals surface area contributed by atoms with E-state index in [9.17, 15) is 4.79 Å². The first-order valence-corrected chi connectivity index (χ1v) is 7.22. The maximum atomic E-state index is 12.6. The summed E-state index contributed by atoms with van der Waals surface area (Å²) < 4.78 is 5.38. The third-order valence-electron chi connectivity index (χ3n) is 3.27. The molecular weight excluding hydrogens is 254 g/mol. The Labute approximate surface area is 120 Å². The van der Waals surface area contributed by atoms with Crippen molar-refractivity contribution in [1.29, 1.82) is 0 Å². The van der Waals surface area contributed by atoms with E-state index in [1.165, 1.54) is 0 Å². The van der Waals surface area contributed by atoms with Gasteiger partial charge in [0.2, 0.25) is 0 Å². The summed E-state index contributed by atoms with van der Waals surface area (Å²) in [5.41, 5.74) is 0.927. The Morgan fingerprint density at radius 2 is 1.95 bits per heavy atom. The highest BCUT2D eigenvalue weighted by Gasteiger charge is 2.26. The highest BCUT2D eigenvalue weighted by Crippen LogP contribution is 2.17. The van der Waals surface area contributed by atoms with Crippen molar-refractivity contribution in [2.24, 2.45) is 0 Å². The minimum atomic E-state index is 0.117. The fourth-order valence-electron chi connectivity index (χ4n) is 2.21. The molecule has 0 unspecified atom stereocenters. The average Bonchev–Trinajstić information content (AvgIpc) is 2.48. The summed E-state index contributed by atoms with van der Waals surface area (Å²) >= 11 is 0. The third kappa shape index (κ3) is 4.03. The topological polar surface area (TPSA) is 49.4 Å². The maximum absolute atomic E-state index is 12.6. The number of quaternary nitrogens is 1. The molecule has 20 heavy (non-hydrogen) atoms. The van der Waals surface area contributed by atoms with E-state index in [4.69, 9.17) is 4.74 Å². The van der Waals surface area contributed by atoms with Crippen LogP contribution in [-0.4, -0.2) is 49.8 Å². The van der Waals surface area contributed by atoms with Gasteiger partial charge >= 0.3 is 0 Å². The summed E-state index contributed by atoms with van der Waals surface area (Å²) in [6.45, 7) is 7.49. The van der Waals surface area contributed by atoms with Crippen molar-refractivity contribution >= 4 is 11.6 Å². The van der Waals surface area contributed by atoms with E-state index in [1.807, 2.05) is 30.3 Å². The molecule has 1 saturated heterocycles. The Hall–Kier alpha value is -1.43. The fraction of sp³-hybridized carbons (Fsp3) is 0.533. The lowest BCUT2D eigenvalue weighted by molar-refractivity contribution is -0.672. The molecule has 2 rings (SSSR count). The minimum absolute atomic E-state index is 0.117. The quantitative estimate of drug-likeness (QED) is 0.839. The number of rotatable bonds is 5. The lowest BCUT2D eigenvalue weighted by atomic mass is 10.3. The Balaban J connectivity index is 2.13. The van der Waals surface area contributed by atoms with Crippen LogP contribution in [0.3, 0.4) is 0 Å². The number of carbonyl (C=O) groups is 1. The molecule has 0 bridgehead atoms. The Bertz CT molecular complexity index is 416. The number of para-hydroxylation sites is 1. The lowest BCUT2D eigenvalue weighted by Crippen LogP contribution is -2.90. The van der Waals surface area contributed by atoms with Crippen molar-refractivity contribution in [3.63, 3.8) is 0 Å². The maximum Gasteiger partial charge on any atom is 0.296 e. The minimum Gasteiger partial charge on any atom is -0.379 e. The summed E-state index contributed by atoms with van der Waals surface area (Å²) in [5, 5.41) is 5.94. The van der Waals surface area contributed by atoms with Gasteiger partial charge in [-0.05, 0) is 26.0 Å². The van der Waals surface area contributed by atoms with Gasteiger partial charge in [0.1, 0.15) is 0 Å². The zero-order chi connectivity index (χ0) is 14.4. The number of hydrogen-bond donors (Lipinski definition) is 1. The van der Waals surface area contributed by atoms with Gasteiger partial charge in [-0.2, -0.15) is 0 Å². The molecule has 1 aromatic rings. The van der Waals surface area contributed by atoms with Crippen molar-refractivity contribution in [3.8, 4) is 0 Å². The molecule has 1 aliphatic heterocycles. The number of nitrogens with zero attached hydrogens (tertiary/aromatic N) is 2. The molecule has 5 nitrogen and oxygen atoms in total. The molecule has 0 atom stereocenters. The van der Waals surface area contributed by atoms with Crippen molar-refractivity contribution in [1.82, 2.24) is 5.01 Å². The molecule has 0 aliphatic carbocycles. The molecule has 5 heteroatoms. The first kappa shape index (κ1) is 15.0. The van der Waals surface area contributed by atoms with E-state index in [1.54, 1.807) is 5.01 Å². The van der Waals surface area contributed by atoms with E-state index in [2.05, 4.69) is 24.2 Å². The second kappa shape index (κ2) is 7.38. The summed E-state index contributed by atoms with van der Waals surface area (Å²) in [7, 11) is 0. The predicted octanol–water partition coefficient (Wildman–Crippen LogP) is 0.239. The summed E-state index contributed by atoms with van der Waals surface area (Å²) in [5.74, 6) is 0.117. The van der Waals surface area contributed by atoms with Gasteiger partial charge in [-0.25, -0.2) is 10.0 Å². The molecule has 0 saturated carbocycles. The Morgan fingerprint density at radius 1 is 1.30 bits per heavy atom. The van der Waals surface area contributed by atoms with Crippen LogP contribution >= 0.6 is 0 Å². The lowest BCUT2D eigenvalue weighted by Gasteiger charge is -2.36. The van der Waals surface area contributed by atoms with Gasteiger partial charge in [0.25, 0.3) is 5.91 Å². The van der Waals surface area contributed by atoms with Crippen molar-refractivity contribution in [2.45, 2.75) is 19.9 Å². The van der Waals surface area contributed by atoms with E-state index >= 15 is 0 Å². The van der Waals surface area contributed by atoms with Crippen molar-refractivity contribution in [3.05, 3.63) is 30.3 Å². The molecule has 2 N–H and O–H groups in total. The van der Waals surface area contributed by atoms with E-state index in [0.717, 1.165) is 18.8 Å². The molecular formula is C15H24N3O2+. The standard InChI is InChI=1S/C15H23N3O2/c1-13(2)16-12-15(19)18(14-6-4-3-5-7-14)17-8-10-20-11-9-17/h3-7,13,16H,8-12H2,1-2H3/p+1. The highest BCUT2D eigenvalue weighted by atomic mass is 16.5. The monoisotopic (exact) mass is 278 g/mol. The number of carbonyl (C=O) groups excluding carboxylic acids is 1. The molecule has 1 aliphatic rings. The number of morpholine rings is 1. The second-order valence-electron chi connectivity index (χ2n) is 5.29. The van der Waals surface area contributed by atoms with Crippen LogP contribution in [0.25, 0.3) is 0 Å². The van der Waals surface area contributed by atoms with Crippen LogP contribution < -0.4 is 10.3 Å². The van der Waals surface area contributed by atoms with Crippen molar-refractivity contribution < 1.29 is 14.8 Å². The predicted molar refractivity (Wildman–Crippen MR) is 78.2 cm³/mol. The van der Waals surface area contributed by atoms with Gasteiger partial charge < -0.3 is 10.1 Å². The number of hydrogen-bond acceptors (Lipinski definition) is 3. The summed E-state index contributed by atoms with van der Waals surface area (Å²) in [6, 6.07) is 10.3. The second-order valence-corrected chi connectivity index (χ2v) is 5.29. The largest absolute Gasteiger partial charge is 0.379 e. The Morgan fingerprint density at radius 3 is 2.55 bits per heavy atom. The van der Waals surface area contributed by atoms with Gasteiger partial charge in [-0.1, -0.05) is 18.2 Å². The summed E-state index contributed by atoms with van der Waals surface area (Å²) in [4.78, 5) is 12.6. The molecule has 1 fully saturated rings. The van der Waals surface area contributed by atoms with Crippen LogP contribution in [-0.2, 0) is 9.53 Å². The van der Waals surface area contributed by atoms with Crippen LogP contribution in [0.2, 0.25) is 0 Å². The van der Waals surface area contributed by atoms with E-state index < -0.39 is 0 Å². The molecule has 0 aromatic heterocycles. The third-order valence-corrected chi connectivity index (χ3v) is 3.27. The van der Waals surface area contributed by atoms with E-state index in [0.29, 0.717) is 25.8 Å². The number of anilines is 1. The van der Waals surface area contributed by atoms with Gasteiger partial charge in [-0.15, -0.1) is 0 Å². The number of hydrazine groups is 1. The highest BCUT2D eigenvalue weighted by molar-refractivity contribution is 5.93. The molecule has 1 amide bonds. The number of amides is 1. The zero-order valence-electron chi connectivity index (χ0n) is 12.3. The SMILES string of the molecule is CC(C)[NH2+]CC(=O)N(c1ccccc1)N1CCOCC1. The molecule has 1 aromatic carbocycles. The first-order valence-electron chi connectivity index (χ1n) is 7.22. The number of benzene rings is 1. The number of ether oxygens (including phenoxy) is 1.